The molecule has 0 aliphatic carbocycles. The number of carbonyl (C=O) groups is 1. The number of hydrogen-bond donors (Lipinski definition) is 2. The minimum Gasteiger partial charge on any atom is -0.307 e. The number of sulfonamides is 2. The average Bonchev–Trinajstić information content (AvgIpc) is 2.25. The van der Waals surface area contributed by atoms with Crippen molar-refractivity contribution in [2.75, 3.05) is 11.6 Å². The van der Waals surface area contributed by atoms with Gasteiger partial charge in [-0.05, 0) is 18.2 Å². The highest BCUT2D eigenvalue weighted by atomic mass is 32.3. The van der Waals surface area contributed by atoms with Crippen LogP contribution in [0.3, 0.4) is 0 Å². The maximum Gasteiger partial charge on any atom is 0.248 e. The fourth-order valence-electron chi connectivity index (χ4n) is 1.26. The molecule has 0 aliphatic heterocycles. The van der Waals surface area contributed by atoms with Crippen LogP contribution in [0.25, 0.3) is 0 Å². The van der Waals surface area contributed by atoms with Crippen molar-refractivity contribution in [1.29, 1.82) is 0 Å². The molecule has 0 saturated carbocycles. The summed E-state index contributed by atoms with van der Waals surface area (Å²) in [6.45, 7) is 3.27. The molecule has 20 heavy (non-hydrogen) atoms. The van der Waals surface area contributed by atoms with Gasteiger partial charge < -0.3 is 5.32 Å². The van der Waals surface area contributed by atoms with E-state index >= 15 is 0 Å². The quantitative estimate of drug-likeness (QED) is 0.687. The summed E-state index contributed by atoms with van der Waals surface area (Å²) < 4.78 is 46.5. The van der Waals surface area contributed by atoms with Crippen molar-refractivity contribution in [2.24, 2.45) is 0 Å². The van der Waals surface area contributed by atoms with Crippen LogP contribution in [-0.2, 0) is 30.6 Å². The minimum absolute atomic E-state index is 0.0861. The second kappa shape index (κ2) is 6.11. The molecule has 1 heterocycles. The molecule has 1 aromatic heterocycles. The average molecular weight is 319 g/mol. The molecule has 0 spiro atoms. The number of nitrogens with one attached hydrogen (secondary N) is 2. The summed E-state index contributed by atoms with van der Waals surface area (Å²) in [6.07, 6.45) is 1.77. The predicted octanol–water partition coefficient (Wildman–Crippen LogP) is -0.415. The highest BCUT2D eigenvalue weighted by Crippen LogP contribution is 2.08. The van der Waals surface area contributed by atoms with E-state index < -0.39 is 31.7 Å². The zero-order valence-corrected chi connectivity index (χ0v) is 12.2. The van der Waals surface area contributed by atoms with E-state index in [0.717, 1.165) is 12.3 Å². The van der Waals surface area contributed by atoms with E-state index in [4.69, 9.17) is 0 Å². The van der Waals surface area contributed by atoms with Gasteiger partial charge in [0.2, 0.25) is 26.0 Å². The molecular formula is C10H13N3O5S2. The lowest BCUT2D eigenvalue weighted by atomic mass is 10.3. The molecule has 1 amide bonds. The third-order valence-electron chi connectivity index (χ3n) is 1.86. The van der Waals surface area contributed by atoms with E-state index in [0.29, 0.717) is 0 Å². The SMILES string of the molecule is C=CC(=O)Nc1cccc(CS(=O)(=O)NS(C)(=O)=O)n1. The molecule has 0 unspecified atom stereocenters. The maximum absolute atomic E-state index is 11.6. The standard InChI is InChI=1S/C10H13N3O5S2/c1-3-10(14)12-9-6-4-5-8(11-9)7-20(17,18)13-19(2,15)16/h3-6,13H,1,7H2,2H3,(H,11,12,14). The molecular weight excluding hydrogens is 306 g/mol. The van der Waals surface area contributed by atoms with Crippen molar-refractivity contribution in [1.82, 2.24) is 9.11 Å². The van der Waals surface area contributed by atoms with E-state index in [-0.39, 0.29) is 11.5 Å². The summed E-state index contributed by atoms with van der Waals surface area (Å²) in [4.78, 5) is 15.0. The summed E-state index contributed by atoms with van der Waals surface area (Å²) >= 11 is 0. The Bertz CT molecular complexity index is 725. The number of aromatic nitrogens is 1. The molecule has 8 nitrogen and oxygen atoms in total. The van der Waals surface area contributed by atoms with Crippen LogP contribution in [0.1, 0.15) is 5.69 Å². The van der Waals surface area contributed by atoms with Gasteiger partial charge in [0.25, 0.3) is 0 Å². The monoisotopic (exact) mass is 319 g/mol. The highest BCUT2D eigenvalue weighted by molar-refractivity contribution is 8.04. The lowest BCUT2D eigenvalue weighted by molar-refractivity contribution is -0.111. The Labute approximate surface area is 117 Å². The smallest absolute Gasteiger partial charge is 0.248 e. The summed E-state index contributed by atoms with van der Waals surface area (Å²) in [5.74, 6) is -0.980. The van der Waals surface area contributed by atoms with Crippen molar-refractivity contribution >= 4 is 31.8 Å². The van der Waals surface area contributed by atoms with Crippen LogP contribution in [0.4, 0.5) is 5.82 Å². The van der Waals surface area contributed by atoms with Gasteiger partial charge in [-0.15, -0.1) is 4.13 Å². The topological polar surface area (TPSA) is 122 Å². The van der Waals surface area contributed by atoms with Gasteiger partial charge in [0, 0.05) is 0 Å². The Hall–Kier alpha value is -1.78. The molecule has 0 fully saturated rings. The van der Waals surface area contributed by atoms with Gasteiger partial charge in [-0.3, -0.25) is 4.79 Å². The Balaban J connectivity index is 2.91. The van der Waals surface area contributed by atoms with Crippen molar-refractivity contribution in [3.05, 3.63) is 36.5 Å². The molecule has 2 N–H and O–H groups in total. The van der Waals surface area contributed by atoms with Gasteiger partial charge in [0.1, 0.15) is 11.6 Å². The largest absolute Gasteiger partial charge is 0.307 e. The first-order chi connectivity index (χ1) is 9.11. The summed E-state index contributed by atoms with van der Waals surface area (Å²) in [5.41, 5.74) is 0.0861. The van der Waals surface area contributed by atoms with Crippen LogP contribution in [0, 0.1) is 0 Å². The Morgan fingerprint density at radius 1 is 1.35 bits per heavy atom. The van der Waals surface area contributed by atoms with Crippen LogP contribution in [0.15, 0.2) is 30.9 Å². The lowest BCUT2D eigenvalue weighted by Crippen LogP contribution is -2.30. The summed E-state index contributed by atoms with van der Waals surface area (Å²) in [7, 11) is -7.96. The van der Waals surface area contributed by atoms with Crippen molar-refractivity contribution in [3.63, 3.8) is 0 Å². The zero-order valence-electron chi connectivity index (χ0n) is 10.5. The van der Waals surface area contributed by atoms with Crippen LogP contribution in [0.2, 0.25) is 0 Å². The normalized spacial score (nSPS) is 11.8. The van der Waals surface area contributed by atoms with Gasteiger partial charge in [-0.2, -0.15) is 0 Å². The number of anilines is 1. The van der Waals surface area contributed by atoms with E-state index in [9.17, 15) is 21.6 Å². The first-order valence-electron chi connectivity index (χ1n) is 5.22. The van der Waals surface area contributed by atoms with Crippen LogP contribution in [-0.4, -0.2) is 34.0 Å². The van der Waals surface area contributed by atoms with E-state index in [2.05, 4.69) is 16.9 Å². The number of rotatable bonds is 6. The fraction of sp³-hybridized carbons (Fsp3) is 0.200. The van der Waals surface area contributed by atoms with Crippen LogP contribution in [0.5, 0.6) is 0 Å². The first kappa shape index (κ1) is 16.3. The third-order valence-corrected chi connectivity index (χ3v) is 4.76. The molecule has 1 rings (SSSR count). The van der Waals surface area contributed by atoms with Gasteiger partial charge in [0.05, 0.1) is 11.9 Å². The Morgan fingerprint density at radius 3 is 2.55 bits per heavy atom. The number of hydrogen-bond acceptors (Lipinski definition) is 6. The van der Waals surface area contributed by atoms with Crippen molar-refractivity contribution < 1.29 is 21.6 Å². The molecule has 1 aromatic rings. The van der Waals surface area contributed by atoms with Crippen molar-refractivity contribution in [3.8, 4) is 0 Å². The third kappa shape index (κ3) is 5.91. The maximum atomic E-state index is 11.6. The Kier molecular flexibility index (Phi) is 4.98. The molecule has 10 heteroatoms. The summed E-state index contributed by atoms with van der Waals surface area (Å²) in [5, 5.41) is 2.36. The highest BCUT2D eigenvalue weighted by Gasteiger charge is 2.18. The number of pyridine rings is 1. The van der Waals surface area contributed by atoms with Gasteiger partial charge in [0.15, 0.2) is 0 Å². The molecule has 110 valence electrons. The number of nitrogens with zero attached hydrogens (tertiary/aromatic N) is 1. The molecule has 0 aromatic carbocycles. The Morgan fingerprint density at radius 2 is 2.00 bits per heavy atom. The van der Waals surface area contributed by atoms with E-state index in [1.807, 2.05) is 0 Å². The first-order valence-corrected chi connectivity index (χ1v) is 8.76. The summed E-state index contributed by atoms with van der Waals surface area (Å²) in [6, 6.07) is 4.34. The number of amides is 1. The van der Waals surface area contributed by atoms with E-state index in [1.165, 1.54) is 22.3 Å². The second-order valence-electron chi connectivity index (χ2n) is 3.82. The zero-order chi connectivity index (χ0) is 15.4. The number of carbonyl (C=O) groups excluding carboxylic acids is 1. The molecule has 0 radical (unpaired) electrons. The molecule has 0 atom stereocenters. The van der Waals surface area contributed by atoms with Gasteiger partial charge >= 0.3 is 0 Å². The predicted molar refractivity (Wildman–Crippen MR) is 73.7 cm³/mol. The fourth-order valence-corrected chi connectivity index (χ4v) is 3.89. The molecule has 0 saturated heterocycles. The van der Waals surface area contributed by atoms with Gasteiger partial charge in [-0.1, -0.05) is 12.6 Å². The second-order valence-corrected chi connectivity index (χ2v) is 7.55. The van der Waals surface area contributed by atoms with Crippen LogP contribution >= 0.6 is 0 Å². The molecule has 0 aliphatic rings. The minimum atomic E-state index is -4.08. The van der Waals surface area contributed by atoms with E-state index in [1.54, 1.807) is 0 Å². The van der Waals surface area contributed by atoms with Crippen LogP contribution < -0.4 is 9.44 Å². The van der Waals surface area contributed by atoms with Crippen molar-refractivity contribution in [2.45, 2.75) is 5.75 Å². The van der Waals surface area contributed by atoms with Gasteiger partial charge in [-0.25, -0.2) is 21.8 Å². The molecule has 0 bridgehead atoms. The lowest BCUT2D eigenvalue weighted by Gasteiger charge is -2.06.